The van der Waals surface area contributed by atoms with Crippen molar-refractivity contribution < 1.29 is 28.7 Å². The Kier molecular flexibility index (Phi) is 10.7. The van der Waals surface area contributed by atoms with Crippen LogP contribution in [0.5, 0.6) is 11.5 Å². The van der Waals surface area contributed by atoms with E-state index in [0.29, 0.717) is 38.5 Å². The molecule has 0 aliphatic carbocycles. The first kappa shape index (κ1) is 22.9. The van der Waals surface area contributed by atoms with Crippen molar-refractivity contribution in [3.8, 4) is 11.5 Å². The van der Waals surface area contributed by atoms with Gasteiger partial charge in [0.1, 0.15) is 0 Å². The maximum absolute atomic E-state index is 11.7. The maximum Gasteiger partial charge on any atom is 0.273 e. The van der Waals surface area contributed by atoms with Crippen molar-refractivity contribution in [1.82, 2.24) is 10.6 Å². The quantitative estimate of drug-likeness (QED) is 0.209. The summed E-state index contributed by atoms with van der Waals surface area (Å²) in [5, 5.41) is 16.1. The van der Waals surface area contributed by atoms with Crippen molar-refractivity contribution in [1.29, 1.82) is 0 Å². The summed E-state index contributed by atoms with van der Waals surface area (Å²) in [6.45, 7) is 4.95. The van der Waals surface area contributed by atoms with E-state index < -0.39 is 4.92 Å². The highest BCUT2D eigenvalue weighted by atomic mass is 16.6. The summed E-state index contributed by atoms with van der Waals surface area (Å²) in [5.74, 6) is 0.227. The van der Waals surface area contributed by atoms with Gasteiger partial charge in [0.15, 0.2) is 11.5 Å². The lowest BCUT2D eigenvalue weighted by Gasteiger charge is -2.10. The van der Waals surface area contributed by atoms with E-state index in [4.69, 9.17) is 14.2 Å². The van der Waals surface area contributed by atoms with Crippen LogP contribution in [-0.2, 0) is 14.3 Å². The Balaban J connectivity index is 2.17. The van der Waals surface area contributed by atoms with E-state index in [9.17, 15) is 19.7 Å². The Bertz CT molecular complexity index is 679. The fourth-order valence-corrected chi connectivity index (χ4v) is 2.08. The van der Waals surface area contributed by atoms with Crippen molar-refractivity contribution >= 4 is 17.5 Å². The predicted octanol–water partition coefficient (Wildman–Crippen LogP) is 1.20. The number of carbonyl (C=O) groups is 2. The van der Waals surface area contributed by atoms with Gasteiger partial charge in [-0.25, -0.2) is 0 Å². The number of carbonyl (C=O) groups excluding carboxylic acids is 2. The van der Waals surface area contributed by atoms with Crippen LogP contribution in [0.3, 0.4) is 0 Å². The number of rotatable bonds is 14. The van der Waals surface area contributed by atoms with Gasteiger partial charge in [-0.05, 0) is 18.6 Å². The molecule has 1 aromatic carbocycles. The number of non-ortho nitro benzene ring substituents is 1. The molecule has 10 nitrogen and oxygen atoms in total. The lowest BCUT2D eigenvalue weighted by molar-refractivity contribution is -0.385. The Labute approximate surface area is 163 Å². The molecule has 0 aliphatic heterocycles. The number of methoxy groups -OCH3 is 1. The van der Waals surface area contributed by atoms with Gasteiger partial charge in [-0.15, -0.1) is 0 Å². The smallest absolute Gasteiger partial charge is 0.273 e. The van der Waals surface area contributed by atoms with Crippen LogP contribution in [0, 0.1) is 10.1 Å². The van der Waals surface area contributed by atoms with Crippen LogP contribution >= 0.6 is 0 Å². The van der Waals surface area contributed by atoms with E-state index in [0.717, 1.165) is 0 Å². The van der Waals surface area contributed by atoms with E-state index in [1.807, 2.05) is 0 Å². The van der Waals surface area contributed by atoms with E-state index in [1.54, 1.807) is 0 Å². The first-order valence-electron chi connectivity index (χ1n) is 8.68. The SMILES string of the molecule is C=CC(=O)NCCOCCNC(=O)CCCOc1cc([N+](=O)[O-])ccc1OC. The molecular formula is C18H25N3O7. The van der Waals surface area contributed by atoms with Crippen LogP contribution in [0.4, 0.5) is 5.69 Å². The molecule has 0 atom stereocenters. The molecule has 0 fully saturated rings. The molecule has 0 spiro atoms. The van der Waals surface area contributed by atoms with Gasteiger partial charge in [0.05, 0.1) is 37.9 Å². The normalized spacial score (nSPS) is 10.0. The number of hydrogen-bond donors (Lipinski definition) is 2. The van der Waals surface area contributed by atoms with Crippen LogP contribution < -0.4 is 20.1 Å². The van der Waals surface area contributed by atoms with E-state index in [1.165, 1.54) is 31.4 Å². The zero-order valence-electron chi connectivity index (χ0n) is 15.8. The molecule has 0 radical (unpaired) electrons. The van der Waals surface area contributed by atoms with Crippen LogP contribution in [0.15, 0.2) is 30.9 Å². The minimum Gasteiger partial charge on any atom is -0.493 e. The molecule has 0 aromatic heterocycles. The third-order valence-corrected chi connectivity index (χ3v) is 3.46. The monoisotopic (exact) mass is 395 g/mol. The summed E-state index contributed by atoms with van der Waals surface area (Å²) in [5.41, 5.74) is -0.0994. The van der Waals surface area contributed by atoms with Crippen molar-refractivity contribution in [3.05, 3.63) is 41.0 Å². The van der Waals surface area contributed by atoms with Gasteiger partial charge >= 0.3 is 0 Å². The largest absolute Gasteiger partial charge is 0.493 e. The number of nitro groups is 1. The average Bonchev–Trinajstić information content (AvgIpc) is 2.69. The highest BCUT2D eigenvalue weighted by molar-refractivity contribution is 5.86. The van der Waals surface area contributed by atoms with E-state index in [2.05, 4.69) is 17.2 Å². The van der Waals surface area contributed by atoms with Crippen LogP contribution in [0.2, 0.25) is 0 Å². The number of amides is 2. The molecule has 2 N–H and O–H groups in total. The number of ether oxygens (including phenoxy) is 3. The number of benzene rings is 1. The Hall–Kier alpha value is -3.14. The highest BCUT2D eigenvalue weighted by Gasteiger charge is 2.12. The Morgan fingerprint density at radius 3 is 2.54 bits per heavy atom. The second kappa shape index (κ2) is 13.1. The van der Waals surface area contributed by atoms with Crippen molar-refractivity contribution in [3.63, 3.8) is 0 Å². The molecule has 0 saturated heterocycles. The summed E-state index contributed by atoms with van der Waals surface area (Å²) in [4.78, 5) is 32.9. The molecule has 2 amide bonds. The molecule has 0 bridgehead atoms. The number of nitro benzene ring substituents is 1. The predicted molar refractivity (Wildman–Crippen MR) is 101 cm³/mol. The van der Waals surface area contributed by atoms with E-state index in [-0.39, 0.29) is 36.3 Å². The third-order valence-electron chi connectivity index (χ3n) is 3.46. The van der Waals surface area contributed by atoms with Gasteiger partial charge in [-0.1, -0.05) is 6.58 Å². The molecule has 10 heteroatoms. The third kappa shape index (κ3) is 8.99. The molecule has 154 valence electrons. The van der Waals surface area contributed by atoms with Gasteiger partial charge < -0.3 is 24.8 Å². The van der Waals surface area contributed by atoms with Gasteiger partial charge in [-0.2, -0.15) is 0 Å². The molecule has 28 heavy (non-hydrogen) atoms. The van der Waals surface area contributed by atoms with Gasteiger partial charge in [-0.3, -0.25) is 19.7 Å². The van der Waals surface area contributed by atoms with Crippen molar-refractivity contribution in [2.24, 2.45) is 0 Å². The maximum atomic E-state index is 11.7. The molecule has 0 saturated carbocycles. The summed E-state index contributed by atoms with van der Waals surface area (Å²) < 4.78 is 15.9. The standard InChI is InChI=1S/C18H25N3O7/c1-3-17(22)19-8-11-27-12-9-20-18(23)5-4-10-28-16-13-14(21(24)25)6-7-15(16)26-2/h3,6-7,13H,1,4-5,8-12H2,2H3,(H,19,22)(H,20,23). The average molecular weight is 395 g/mol. The Morgan fingerprint density at radius 1 is 1.18 bits per heavy atom. The van der Waals surface area contributed by atoms with Crippen molar-refractivity contribution in [2.45, 2.75) is 12.8 Å². The fourth-order valence-electron chi connectivity index (χ4n) is 2.08. The molecule has 0 aliphatic rings. The molecule has 0 heterocycles. The minimum absolute atomic E-state index is 0.0994. The first-order chi connectivity index (χ1) is 13.5. The lowest BCUT2D eigenvalue weighted by atomic mass is 10.2. The van der Waals surface area contributed by atoms with Gasteiger partial charge in [0.25, 0.3) is 5.69 Å². The summed E-state index contributed by atoms with van der Waals surface area (Å²) in [6.07, 6.45) is 1.86. The number of nitrogens with one attached hydrogen (secondary N) is 2. The van der Waals surface area contributed by atoms with Crippen molar-refractivity contribution in [2.75, 3.05) is 40.0 Å². The topological polar surface area (TPSA) is 129 Å². The Morgan fingerprint density at radius 2 is 1.89 bits per heavy atom. The second-order valence-corrected chi connectivity index (χ2v) is 5.50. The fraction of sp³-hybridized carbons (Fsp3) is 0.444. The zero-order valence-corrected chi connectivity index (χ0v) is 15.8. The van der Waals surface area contributed by atoms with Gasteiger partial charge in [0, 0.05) is 25.6 Å². The van der Waals surface area contributed by atoms with Crippen LogP contribution in [0.1, 0.15) is 12.8 Å². The minimum atomic E-state index is -0.519. The molecular weight excluding hydrogens is 370 g/mol. The number of nitrogens with zero attached hydrogens (tertiary/aromatic N) is 1. The second-order valence-electron chi connectivity index (χ2n) is 5.50. The molecule has 1 rings (SSSR count). The molecule has 0 unspecified atom stereocenters. The van der Waals surface area contributed by atoms with Crippen LogP contribution in [0.25, 0.3) is 0 Å². The lowest BCUT2D eigenvalue weighted by Crippen LogP contribution is -2.29. The van der Waals surface area contributed by atoms with E-state index >= 15 is 0 Å². The summed E-state index contributed by atoms with van der Waals surface area (Å²) in [6, 6.07) is 4.07. The number of hydrogen-bond acceptors (Lipinski definition) is 7. The zero-order chi connectivity index (χ0) is 20.8. The molecule has 1 aromatic rings. The summed E-state index contributed by atoms with van der Waals surface area (Å²) >= 11 is 0. The summed E-state index contributed by atoms with van der Waals surface area (Å²) in [7, 11) is 1.44. The first-order valence-corrected chi connectivity index (χ1v) is 8.68. The van der Waals surface area contributed by atoms with Crippen LogP contribution in [-0.4, -0.2) is 56.8 Å². The highest BCUT2D eigenvalue weighted by Crippen LogP contribution is 2.31. The van der Waals surface area contributed by atoms with Gasteiger partial charge in [0.2, 0.25) is 11.8 Å².